The van der Waals surface area contributed by atoms with E-state index in [1.54, 1.807) is 0 Å². The number of ether oxygens (including phenoxy) is 7. The first-order valence-electron chi connectivity index (χ1n) is 58.5. The van der Waals surface area contributed by atoms with Crippen LogP contribution in [0.15, 0.2) is 0 Å². The molecular formula is C114H216N12O22. The molecule has 0 atom stereocenters. The zero-order valence-electron chi connectivity index (χ0n) is 94.4. The number of amides is 8. The number of aliphatic hydroxyl groups excluding tert-OH is 4. The minimum absolute atomic E-state index is 0.0466. The molecular weight excluding hydrogens is 1890 g/mol. The van der Waals surface area contributed by atoms with Gasteiger partial charge in [0, 0.05) is 104 Å². The molecule has 0 radical (unpaired) electrons. The summed E-state index contributed by atoms with van der Waals surface area (Å²) in [6.45, 7) is 8.14. The van der Waals surface area contributed by atoms with E-state index in [1.165, 1.54) is 226 Å². The molecule has 148 heavy (non-hydrogen) atoms. The highest BCUT2D eigenvalue weighted by Crippen LogP contribution is 2.29. The Hall–Kier alpha value is -7.39. The van der Waals surface area contributed by atoms with Gasteiger partial charge in [0.2, 0.25) is 23.6 Å². The molecule has 8 amide bonds. The van der Waals surface area contributed by atoms with Crippen LogP contribution in [0.25, 0.3) is 0 Å². The number of terminal acetylenes is 1. The average Bonchev–Trinajstić information content (AvgIpc) is 0.814. The standard InChI is InChI=1S/C114H216N12O22/c1-9-94-142-105(135)112(2,95-143-106(136)113(3,97-145-108(138)119-78-66-86-123(5)82-62-74-115-101(131)70-54-46-38-30-22-14-10-18-26-34-42-50-58-90-127)98-146-109(139)120-79-67-87-124(6)83-63-75-116-102(132)71-55-47-39-31-23-15-11-19-27-35-43-51-59-91-128)96-144-107(137)114(4,99-147-110(140)121-80-68-88-125(7)84-64-76-117-103(133)72-56-48-40-32-24-16-12-20-28-36-44-52-60-92-129)100-148-111(141)122-81-69-89-126(8)85-65-77-118-104(134)73-57-49-41-33-25-17-13-21-29-37-45-53-61-93-130/h1,127-130H,10-100H2,2-8H3,(H,115,131)(H,116,132)(H,117,133)(H,118,134)(H,119,138)(H,120,139)(H,121,140)(H,122,141). The Morgan fingerprint density at radius 2 is 0.351 bits per heavy atom. The average molecular weight is 2110 g/mol. The van der Waals surface area contributed by atoms with Crippen LogP contribution in [0.5, 0.6) is 0 Å². The third kappa shape index (κ3) is 90.2. The number of alkyl carbamates (subject to hydrolysis) is 4. The van der Waals surface area contributed by atoms with Crippen molar-refractivity contribution in [2.45, 2.75) is 432 Å². The van der Waals surface area contributed by atoms with Gasteiger partial charge in [0.1, 0.15) is 55.9 Å². The first-order chi connectivity index (χ1) is 71.7. The van der Waals surface area contributed by atoms with Crippen molar-refractivity contribution in [1.29, 1.82) is 0 Å². The van der Waals surface area contributed by atoms with Crippen molar-refractivity contribution in [1.82, 2.24) is 62.1 Å². The van der Waals surface area contributed by atoms with Crippen molar-refractivity contribution in [2.75, 3.05) is 206 Å². The van der Waals surface area contributed by atoms with Crippen LogP contribution >= 0.6 is 0 Å². The summed E-state index contributed by atoms with van der Waals surface area (Å²) in [5, 5.41) is 58.8. The van der Waals surface area contributed by atoms with Gasteiger partial charge in [-0.2, -0.15) is 0 Å². The summed E-state index contributed by atoms with van der Waals surface area (Å²) in [7, 11) is 7.77. The number of hydrogen-bond acceptors (Lipinski definition) is 26. The Bertz CT molecular complexity index is 2940. The van der Waals surface area contributed by atoms with E-state index in [1.807, 2.05) is 28.2 Å². The predicted molar refractivity (Wildman–Crippen MR) is 589 cm³/mol. The van der Waals surface area contributed by atoms with E-state index in [0.717, 1.165) is 154 Å². The lowest BCUT2D eigenvalue weighted by molar-refractivity contribution is -0.178. The van der Waals surface area contributed by atoms with Crippen LogP contribution in [0, 0.1) is 28.6 Å². The summed E-state index contributed by atoms with van der Waals surface area (Å²) < 4.78 is 39.7. The number of carbonyl (C=O) groups is 11. The molecule has 0 heterocycles. The molecule has 0 fully saturated rings. The van der Waals surface area contributed by atoms with E-state index >= 15 is 0 Å². The minimum atomic E-state index is -2.03. The first kappa shape index (κ1) is 141. The number of nitrogens with zero attached hydrogens (tertiary/aromatic N) is 4. The lowest BCUT2D eigenvalue weighted by Crippen LogP contribution is -2.47. The molecule has 0 spiro atoms. The maximum Gasteiger partial charge on any atom is 0.407 e. The molecule has 0 aliphatic heterocycles. The molecule has 0 aliphatic rings. The number of nitrogens with one attached hydrogen (secondary N) is 8. The highest BCUT2D eigenvalue weighted by molar-refractivity contribution is 5.82. The van der Waals surface area contributed by atoms with Crippen LogP contribution < -0.4 is 42.5 Å². The van der Waals surface area contributed by atoms with Gasteiger partial charge in [0.25, 0.3) is 0 Å². The van der Waals surface area contributed by atoms with Gasteiger partial charge in [0.05, 0.1) is 0 Å². The van der Waals surface area contributed by atoms with Gasteiger partial charge in [-0.25, -0.2) is 19.2 Å². The molecule has 0 unspecified atom stereocenters. The van der Waals surface area contributed by atoms with E-state index in [4.69, 9.17) is 60.0 Å². The van der Waals surface area contributed by atoms with Crippen LogP contribution in [0.2, 0.25) is 0 Å². The third-order valence-electron chi connectivity index (χ3n) is 27.2. The molecule has 0 saturated carbocycles. The molecule has 0 aromatic carbocycles. The molecule has 0 aliphatic carbocycles. The second kappa shape index (κ2) is 101. The molecule has 864 valence electrons. The number of rotatable bonds is 108. The van der Waals surface area contributed by atoms with Crippen molar-refractivity contribution >= 4 is 65.9 Å². The number of aliphatic hydroxyl groups is 4. The van der Waals surface area contributed by atoms with Gasteiger partial charge >= 0.3 is 42.3 Å². The highest BCUT2D eigenvalue weighted by Gasteiger charge is 2.46. The Balaban J connectivity index is 6.21. The first-order valence-corrected chi connectivity index (χ1v) is 58.5. The SMILES string of the molecule is C#CCOC(=O)C(C)(COC(=O)C(C)(COC(=O)NCCCN(C)CCCNC(=O)CCCCCCCCCCCCCCCO)COC(=O)NCCCN(C)CCCNC(=O)CCCCCCCCCCCCCCCO)COC(=O)C(C)(COC(=O)NCCCN(C)CCCNC(=O)CCCCCCCCCCCCCCCO)COC(=O)NCCCN(C)CCCNC(=O)CCCCCCCCCCCCCCCO. The van der Waals surface area contributed by atoms with Crippen molar-refractivity contribution in [3.8, 4) is 12.3 Å². The van der Waals surface area contributed by atoms with Crippen molar-refractivity contribution < 1.29 is 106 Å². The van der Waals surface area contributed by atoms with E-state index < -0.39 is 105 Å². The van der Waals surface area contributed by atoms with Gasteiger partial charge in [-0.05, 0) is 204 Å². The largest absolute Gasteiger partial charge is 0.464 e. The molecule has 0 saturated heterocycles. The molecule has 0 aromatic rings. The van der Waals surface area contributed by atoms with Gasteiger partial charge < -0.3 is 116 Å². The van der Waals surface area contributed by atoms with Crippen LogP contribution in [0.1, 0.15) is 432 Å². The number of esters is 3. The van der Waals surface area contributed by atoms with Crippen molar-refractivity contribution in [3.05, 3.63) is 0 Å². The lowest BCUT2D eigenvalue weighted by Gasteiger charge is -2.32. The van der Waals surface area contributed by atoms with Gasteiger partial charge in [-0.15, -0.1) is 6.42 Å². The minimum Gasteiger partial charge on any atom is -0.464 e. The Labute approximate surface area is 895 Å². The smallest absolute Gasteiger partial charge is 0.407 e. The normalized spacial score (nSPS) is 11.6. The van der Waals surface area contributed by atoms with Gasteiger partial charge in [0.15, 0.2) is 6.61 Å². The molecule has 34 nitrogen and oxygen atoms in total. The van der Waals surface area contributed by atoms with E-state index in [0.29, 0.717) is 130 Å². The van der Waals surface area contributed by atoms with Gasteiger partial charge in [-0.1, -0.05) is 288 Å². The van der Waals surface area contributed by atoms with Crippen molar-refractivity contribution in [2.24, 2.45) is 16.2 Å². The Morgan fingerprint density at radius 3 is 0.514 bits per heavy atom. The quantitative estimate of drug-likeness (QED) is 0.0116. The Morgan fingerprint density at radius 1 is 0.209 bits per heavy atom. The summed E-state index contributed by atoms with van der Waals surface area (Å²) in [6, 6.07) is 0. The van der Waals surface area contributed by atoms with Crippen LogP contribution in [0.3, 0.4) is 0 Å². The van der Waals surface area contributed by atoms with Crippen LogP contribution in [-0.2, 0) is 66.7 Å². The topological polar surface area (TPSA) is 442 Å². The zero-order valence-corrected chi connectivity index (χ0v) is 94.4. The number of unbranched alkanes of at least 4 members (excludes halogenated alkanes) is 48. The predicted octanol–water partition coefficient (Wildman–Crippen LogP) is 18.3. The highest BCUT2D eigenvalue weighted by atomic mass is 16.6. The van der Waals surface area contributed by atoms with E-state index in [9.17, 15) is 52.7 Å². The molecule has 12 N–H and O–H groups in total. The fourth-order valence-electron chi connectivity index (χ4n) is 17.3. The van der Waals surface area contributed by atoms with Crippen LogP contribution in [0.4, 0.5) is 19.2 Å². The fraction of sp³-hybridized carbons (Fsp3) is 0.886. The number of hydrogen-bond donors (Lipinski definition) is 12. The molecule has 0 aromatic heterocycles. The van der Waals surface area contributed by atoms with E-state index in [-0.39, 0.29) is 76.2 Å². The molecule has 0 rings (SSSR count). The molecule has 0 bridgehead atoms. The second-order valence-corrected chi connectivity index (χ2v) is 42.3. The maximum atomic E-state index is 14.7. The van der Waals surface area contributed by atoms with E-state index in [2.05, 4.69) is 68.1 Å². The zero-order chi connectivity index (χ0) is 109. The molecule has 34 heteroatoms. The monoisotopic (exact) mass is 2110 g/mol. The summed E-state index contributed by atoms with van der Waals surface area (Å²) in [4.78, 5) is 156. The number of carbonyl (C=O) groups excluding carboxylic acids is 11. The lowest BCUT2D eigenvalue weighted by atomic mass is 9.90. The summed E-state index contributed by atoms with van der Waals surface area (Å²) in [6.07, 6.45) is 68.8. The Kier molecular flexibility index (Phi) is 96.4. The summed E-state index contributed by atoms with van der Waals surface area (Å²) >= 11 is 0. The van der Waals surface area contributed by atoms with Crippen LogP contribution in [-0.4, -0.2) is 312 Å². The second-order valence-electron chi connectivity index (χ2n) is 42.3. The fourth-order valence-corrected chi connectivity index (χ4v) is 17.3. The van der Waals surface area contributed by atoms with Crippen molar-refractivity contribution in [3.63, 3.8) is 0 Å². The third-order valence-corrected chi connectivity index (χ3v) is 27.2. The summed E-state index contributed by atoms with van der Waals surface area (Å²) in [5.41, 5.74) is -5.91. The maximum absolute atomic E-state index is 14.7. The van der Waals surface area contributed by atoms with Gasteiger partial charge in [-0.3, -0.25) is 33.6 Å². The summed E-state index contributed by atoms with van der Waals surface area (Å²) in [5.74, 6) is -0.855.